The summed E-state index contributed by atoms with van der Waals surface area (Å²) in [6.45, 7) is 5.35. The minimum atomic E-state index is -1.06. The zero-order valence-electron chi connectivity index (χ0n) is 19.7. The van der Waals surface area contributed by atoms with E-state index in [4.69, 9.17) is 4.74 Å². The smallest absolute Gasteiger partial charge is 0.414 e. The molecule has 1 N–H and O–H groups in total. The van der Waals surface area contributed by atoms with Gasteiger partial charge in [-0.1, -0.05) is 18.2 Å². The second-order valence-electron chi connectivity index (χ2n) is 8.63. The van der Waals surface area contributed by atoms with Crippen LogP contribution in [0.15, 0.2) is 48.5 Å². The van der Waals surface area contributed by atoms with Crippen LogP contribution in [0.25, 0.3) is 0 Å². The van der Waals surface area contributed by atoms with Gasteiger partial charge in [0, 0.05) is 32.3 Å². The highest BCUT2D eigenvalue weighted by Crippen LogP contribution is 2.23. The lowest BCUT2D eigenvalue weighted by molar-refractivity contribution is -0.136. The molecule has 2 aromatic carbocycles. The van der Waals surface area contributed by atoms with E-state index in [2.05, 4.69) is 0 Å². The minimum Gasteiger partial charge on any atom is -0.481 e. The number of amides is 3. The number of hydrazine groups is 1. The van der Waals surface area contributed by atoms with E-state index in [-0.39, 0.29) is 23.3 Å². The number of rotatable bonds is 5. The van der Waals surface area contributed by atoms with Crippen LogP contribution in [0, 0.1) is 0 Å². The summed E-state index contributed by atoms with van der Waals surface area (Å²) in [6, 6.07) is 12.4. The van der Waals surface area contributed by atoms with Crippen molar-refractivity contribution in [3.8, 4) is 5.75 Å². The van der Waals surface area contributed by atoms with Gasteiger partial charge in [0.25, 0.3) is 11.8 Å². The number of benzene rings is 2. The number of carboxylic acids is 1. The maximum Gasteiger partial charge on any atom is 0.414 e. The molecule has 0 bridgehead atoms. The van der Waals surface area contributed by atoms with E-state index in [1.165, 1.54) is 52.3 Å². The molecule has 0 atom stereocenters. The Morgan fingerprint density at radius 1 is 0.879 bits per heavy atom. The van der Waals surface area contributed by atoms with Gasteiger partial charge in [0.2, 0.25) is 0 Å². The third-order valence-corrected chi connectivity index (χ3v) is 4.68. The van der Waals surface area contributed by atoms with Crippen molar-refractivity contribution < 1.29 is 29.0 Å². The van der Waals surface area contributed by atoms with Crippen LogP contribution >= 0.6 is 0 Å². The Hall–Kier alpha value is -3.88. The predicted octanol–water partition coefficient (Wildman–Crippen LogP) is 3.30. The first-order chi connectivity index (χ1) is 15.3. The number of ether oxygens (including phenoxy) is 1. The van der Waals surface area contributed by atoms with Gasteiger partial charge >= 0.3 is 12.1 Å². The van der Waals surface area contributed by atoms with Crippen LogP contribution in [0.4, 0.5) is 4.79 Å². The zero-order valence-corrected chi connectivity index (χ0v) is 19.7. The molecule has 0 aromatic heterocycles. The van der Waals surface area contributed by atoms with Crippen molar-refractivity contribution in [1.29, 1.82) is 0 Å². The molecule has 9 heteroatoms. The first-order valence-corrected chi connectivity index (χ1v) is 10.2. The lowest BCUT2D eigenvalue weighted by atomic mass is 10.0. The summed E-state index contributed by atoms with van der Waals surface area (Å²) in [5, 5.41) is 11.7. The van der Waals surface area contributed by atoms with E-state index < -0.39 is 29.4 Å². The molecule has 9 nitrogen and oxygen atoms in total. The van der Waals surface area contributed by atoms with Crippen LogP contribution in [0.1, 0.15) is 47.1 Å². The van der Waals surface area contributed by atoms with Crippen LogP contribution in [0.5, 0.6) is 5.75 Å². The molecule has 0 saturated carbocycles. The molecule has 0 heterocycles. The van der Waals surface area contributed by atoms with E-state index in [1.807, 2.05) is 0 Å². The molecule has 33 heavy (non-hydrogen) atoms. The molecular formula is C24H29N3O6. The minimum absolute atomic E-state index is 0.204. The summed E-state index contributed by atoms with van der Waals surface area (Å²) in [4.78, 5) is 50.9. The molecule has 0 aliphatic heterocycles. The largest absolute Gasteiger partial charge is 0.481 e. The van der Waals surface area contributed by atoms with Crippen LogP contribution < -0.4 is 4.74 Å². The summed E-state index contributed by atoms with van der Waals surface area (Å²) >= 11 is 0. The first kappa shape index (κ1) is 25.4. The summed E-state index contributed by atoms with van der Waals surface area (Å²) < 4.78 is 5.18. The van der Waals surface area contributed by atoms with E-state index >= 15 is 0 Å². The molecule has 0 fully saturated rings. The fourth-order valence-electron chi connectivity index (χ4n) is 3.18. The highest BCUT2D eigenvalue weighted by atomic mass is 16.6. The first-order valence-electron chi connectivity index (χ1n) is 10.2. The third kappa shape index (κ3) is 6.31. The van der Waals surface area contributed by atoms with Gasteiger partial charge in [-0.15, -0.1) is 0 Å². The number of nitrogens with zero attached hydrogens (tertiary/aromatic N) is 3. The lowest BCUT2D eigenvalue weighted by Gasteiger charge is -2.41. The molecular weight excluding hydrogens is 426 g/mol. The number of hydrogen-bond acceptors (Lipinski definition) is 5. The van der Waals surface area contributed by atoms with Gasteiger partial charge in [0.05, 0.1) is 12.0 Å². The second kappa shape index (κ2) is 10.2. The van der Waals surface area contributed by atoms with Crippen molar-refractivity contribution in [1.82, 2.24) is 14.9 Å². The van der Waals surface area contributed by atoms with Crippen LogP contribution in [0.3, 0.4) is 0 Å². The number of carbonyl (C=O) groups is 4. The SMILES string of the molecule is CN(C)C(=O)Oc1ccc(C(=O)N(N(C)C(=O)c2ccccc2CC(=O)O)C(C)(C)C)cc1. The number of carboxylic acid groups (broad SMARTS) is 1. The Morgan fingerprint density at radius 3 is 1.97 bits per heavy atom. The molecule has 0 unspecified atom stereocenters. The van der Waals surface area contributed by atoms with E-state index in [0.29, 0.717) is 5.56 Å². The standard InChI is InChI=1S/C24H29N3O6/c1-24(2,3)27(21(30)16-11-13-18(14-12-16)33-23(32)25(4)5)26(6)22(31)19-10-8-7-9-17(19)15-20(28)29/h7-14H,15H2,1-6H3,(H,28,29). The molecule has 0 aliphatic rings. The monoisotopic (exact) mass is 455 g/mol. The van der Waals surface area contributed by atoms with Crippen molar-refractivity contribution in [2.24, 2.45) is 0 Å². The maximum absolute atomic E-state index is 13.4. The van der Waals surface area contributed by atoms with Gasteiger partial charge in [-0.25, -0.2) is 14.8 Å². The summed E-state index contributed by atoms with van der Waals surface area (Å²) in [5.41, 5.74) is 0.0675. The Kier molecular flexibility index (Phi) is 7.81. The fourth-order valence-corrected chi connectivity index (χ4v) is 3.18. The van der Waals surface area contributed by atoms with E-state index in [9.17, 15) is 24.3 Å². The molecule has 3 amide bonds. The molecule has 0 aliphatic carbocycles. The second-order valence-corrected chi connectivity index (χ2v) is 8.63. The average Bonchev–Trinajstić information content (AvgIpc) is 2.72. The van der Waals surface area contributed by atoms with Crippen LogP contribution in [0.2, 0.25) is 0 Å². The molecule has 0 spiro atoms. The molecule has 2 rings (SSSR count). The normalized spacial score (nSPS) is 10.8. The van der Waals surface area contributed by atoms with Gasteiger partial charge in [-0.2, -0.15) is 0 Å². The fraction of sp³-hybridized carbons (Fsp3) is 0.333. The van der Waals surface area contributed by atoms with Crippen molar-refractivity contribution in [2.75, 3.05) is 21.1 Å². The van der Waals surface area contributed by atoms with Gasteiger partial charge < -0.3 is 14.7 Å². The number of hydrogen-bond donors (Lipinski definition) is 1. The number of aliphatic carboxylic acids is 1. The zero-order chi connectivity index (χ0) is 24.9. The highest BCUT2D eigenvalue weighted by molar-refractivity contribution is 6.00. The number of carbonyl (C=O) groups excluding carboxylic acids is 3. The summed E-state index contributed by atoms with van der Waals surface area (Å²) in [7, 11) is 4.59. The van der Waals surface area contributed by atoms with Gasteiger partial charge in [-0.05, 0) is 56.7 Å². The topological polar surface area (TPSA) is 107 Å². The van der Waals surface area contributed by atoms with E-state index in [0.717, 1.165) is 0 Å². The predicted molar refractivity (Wildman–Crippen MR) is 122 cm³/mol. The van der Waals surface area contributed by atoms with Gasteiger partial charge in [0.15, 0.2) is 0 Å². The van der Waals surface area contributed by atoms with Gasteiger partial charge in [0.1, 0.15) is 5.75 Å². The Morgan fingerprint density at radius 2 is 1.45 bits per heavy atom. The van der Waals surface area contributed by atoms with Crippen molar-refractivity contribution >= 4 is 23.9 Å². The van der Waals surface area contributed by atoms with Crippen molar-refractivity contribution in [3.63, 3.8) is 0 Å². The highest BCUT2D eigenvalue weighted by Gasteiger charge is 2.34. The maximum atomic E-state index is 13.4. The quantitative estimate of drug-likeness (QED) is 0.693. The average molecular weight is 456 g/mol. The molecule has 0 saturated heterocycles. The van der Waals surface area contributed by atoms with Crippen molar-refractivity contribution in [2.45, 2.75) is 32.7 Å². The van der Waals surface area contributed by atoms with Crippen molar-refractivity contribution in [3.05, 3.63) is 65.2 Å². The third-order valence-electron chi connectivity index (χ3n) is 4.68. The molecule has 176 valence electrons. The Bertz CT molecular complexity index is 1040. The van der Waals surface area contributed by atoms with Gasteiger partial charge in [-0.3, -0.25) is 14.4 Å². The van der Waals surface area contributed by atoms with Crippen LogP contribution in [-0.4, -0.2) is 70.6 Å². The molecule has 2 aromatic rings. The summed E-state index contributed by atoms with van der Waals surface area (Å²) in [6.07, 6.45) is -0.859. The Balaban J connectivity index is 2.35. The summed E-state index contributed by atoms with van der Waals surface area (Å²) in [5.74, 6) is -1.73. The lowest BCUT2D eigenvalue weighted by Crippen LogP contribution is -2.56. The Labute approximate surface area is 193 Å². The molecule has 0 radical (unpaired) electrons. The van der Waals surface area contributed by atoms with E-state index in [1.54, 1.807) is 53.1 Å². The van der Waals surface area contributed by atoms with Crippen LogP contribution in [-0.2, 0) is 11.2 Å².